The lowest BCUT2D eigenvalue weighted by atomic mass is 9.75. The summed E-state index contributed by atoms with van der Waals surface area (Å²) in [7, 11) is 0. The zero-order chi connectivity index (χ0) is 18.2. The minimum Gasteiger partial charge on any atom is -0.454 e. The van der Waals surface area contributed by atoms with Crippen LogP contribution in [-0.2, 0) is 0 Å². The van der Waals surface area contributed by atoms with Gasteiger partial charge in [0.25, 0.3) is 5.91 Å². The summed E-state index contributed by atoms with van der Waals surface area (Å²) in [6, 6.07) is 5.88. The van der Waals surface area contributed by atoms with Crippen LogP contribution in [0.3, 0.4) is 0 Å². The largest absolute Gasteiger partial charge is 0.454 e. The van der Waals surface area contributed by atoms with Gasteiger partial charge in [-0.3, -0.25) is 9.69 Å². The third-order valence-corrected chi connectivity index (χ3v) is 6.84. The number of nitrogens with one attached hydrogen (secondary N) is 1. The zero-order valence-corrected chi connectivity index (χ0v) is 15.9. The highest BCUT2D eigenvalue weighted by molar-refractivity contribution is 5.94. The number of likely N-dealkylation sites (tertiary alicyclic amines) is 1. The van der Waals surface area contributed by atoms with Gasteiger partial charge in [0, 0.05) is 31.2 Å². The van der Waals surface area contributed by atoms with Crippen molar-refractivity contribution >= 4 is 5.91 Å². The van der Waals surface area contributed by atoms with Gasteiger partial charge in [-0.15, -0.1) is 0 Å². The van der Waals surface area contributed by atoms with Gasteiger partial charge in [-0.2, -0.15) is 0 Å². The van der Waals surface area contributed by atoms with Crippen molar-refractivity contribution in [2.45, 2.75) is 31.7 Å². The van der Waals surface area contributed by atoms with E-state index in [0.717, 1.165) is 18.4 Å². The van der Waals surface area contributed by atoms with Gasteiger partial charge in [-0.25, -0.2) is 0 Å². The van der Waals surface area contributed by atoms with Gasteiger partial charge in [0.1, 0.15) is 0 Å². The van der Waals surface area contributed by atoms with E-state index < -0.39 is 0 Å². The van der Waals surface area contributed by atoms with Crippen LogP contribution in [0.4, 0.5) is 0 Å². The van der Waals surface area contributed by atoms with E-state index in [4.69, 9.17) is 9.47 Å². The molecule has 0 aromatic heterocycles. The molecule has 0 aliphatic carbocycles. The highest BCUT2D eigenvalue weighted by Gasteiger charge is 2.40. The number of rotatable bonds is 5. The molecule has 1 aromatic rings. The van der Waals surface area contributed by atoms with E-state index in [1.54, 1.807) is 6.07 Å². The van der Waals surface area contributed by atoms with Crippen LogP contribution in [0.15, 0.2) is 18.2 Å². The first-order valence-electron chi connectivity index (χ1n) is 10.4. The molecule has 0 spiro atoms. The van der Waals surface area contributed by atoms with Crippen LogP contribution in [0.1, 0.15) is 36.0 Å². The Balaban J connectivity index is 1.15. The number of carbonyl (C=O) groups excluding carboxylic acids is 1. The van der Waals surface area contributed by atoms with Gasteiger partial charge in [-0.1, -0.05) is 0 Å². The first kappa shape index (κ1) is 17.3. The van der Waals surface area contributed by atoms with Crippen LogP contribution in [-0.4, -0.2) is 67.8 Å². The Morgan fingerprint density at radius 3 is 2.81 bits per heavy atom. The third kappa shape index (κ3) is 3.52. The van der Waals surface area contributed by atoms with Gasteiger partial charge in [-0.05, 0) is 75.4 Å². The molecule has 1 unspecified atom stereocenters. The fourth-order valence-corrected chi connectivity index (χ4v) is 5.32. The van der Waals surface area contributed by atoms with Crippen LogP contribution in [0.25, 0.3) is 0 Å². The molecule has 1 N–H and O–H groups in total. The molecule has 27 heavy (non-hydrogen) atoms. The van der Waals surface area contributed by atoms with Crippen LogP contribution in [0.2, 0.25) is 0 Å². The van der Waals surface area contributed by atoms with Crippen LogP contribution >= 0.6 is 0 Å². The SMILES string of the molecule is O=C(NC[C@H]1C[C@@H]2CCN1C[C@@H]2CN1CCCC1)c1ccc2c(c1)OCO2. The van der Waals surface area contributed by atoms with E-state index in [-0.39, 0.29) is 12.7 Å². The van der Waals surface area contributed by atoms with Crippen molar-refractivity contribution in [1.29, 1.82) is 0 Å². The maximum atomic E-state index is 12.6. The molecule has 1 amide bonds. The van der Waals surface area contributed by atoms with Crippen LogP contribution < -0.4 is 14.8 Å². The highest BCUT2D eigenvalue weighted by Crippen LogP contribution is 2.37. The second-order valence-corrected chi connectivity index (χ2v) is 8.48. The van der Waals surface area contributed by atoms with E-state index in [1.165, 1.54) is 58.4 Å². The number of benzene rings is 1. The number of amides is 1. The Kier molecular flexibility index (Phi) is 4.70. The number of hydrogen-bond donors (Lipinski definition) is 1. The molecule has 6 rings (SSSR count). The Bertz CT molecular complexity index is 704. The molecule has 5 heterocycles. The van der Waals surface area contributed by atoms with Crippen molar-refractivity contribution in [2.75, 3.05) is 46.1 Å². The first-order chi connectivity index (χ1) is 13.3. The van der Waals surface area contributed by atoms with Crippen molar-refractivity contribution in [3.63, 3.8) is 0 Å². The second kappa shape index (κ2) is 7.32. The Hall–Kier alpha value is -1.79. The molecule has 1 aromatic carbocycles. The van der Waals surface area contributed by atoms with E-state index in [2.05, 4.69) is 15.1 Å². The van der Waals surface area contributed by atoms with Gasteiger partial charge in [0.2, 0.25) is 6.79 Å². The molecule has 6 nitrogen and oxygen atoms in total. The smallest absolute Gasteiger partial charge is 0.251 e. The molecular weight excluding hydrogens is 342 g/mol. The summed E-state index contributed by atoms with van der Waals surface area (Å²) in [5.74, 6) is 2.99. The maximum Gasteiger partial charge on any atom is 0.251 e. The molecule has 146 valence electrons. The molecule has 5 aliphatic heterocycles. The van der Waals surface area contributed by atoms with Crippen molar-refractivity contribution in [1.82, 2.24) is 15.1 Å². The van der Waals surface area contributed by atoms with E-state index in [1.807, 2.05) is 12.1 Å². The topological polar surface area (TPSA) is 54.0 Å². The average Bonchev–Trinajstić information content (AvgIpc) is 3.38. The van der Waals surface area contributed by atoms with Gasteiger partial charge in [0.05, 0.1) is 0 Å². The van der Waals surface area contributed by atoms with Crippen molar-refractivity contribution in [2.24, 2.45) is 11.8 Å². The van der Waals surface area contributed by atoms with Crippen molar-refractivity contribution < 1.29 is 14.3 Å². The Morgan fingerprint density at radius 1 is 1.15 bits per heavy atom. The summed E-state index contributed by atoms with van der Waals surface area (Å²) in [4.78, 5) is 17.8. The molecule has 4 saturated heterocycles. The summed E-state index contributed by atoms with van der Waals surface area (Å²) >= 11 is 0. The van der Waals surface area contributed by atoms with Crippen molar-refractivity contribution in [3.05, 3.63) is 23.8 Å². The summed E-state index contributed by atoms with van der Waals surface area (Å²) in [6.45, 7) is 7.21. The number of ether oxygens (including phenoxy) is 2. The summed E-state index contributed by atoms with van der Waals surface area (Å²) in [5.41, 5.74) is 0.641. The summed E-state index contributed by atoms with van der Waals surface area (Å²) in [5, 5.41) is 3.15. The third-order valence-electron chi connectivity index (χ3n) is 6.84. The average molecular weight is 371 g/mol. The van der Waals surface area contributed by atoms with Crippen molar-refractivity contribution in [3.8, 4) is 11.5 Å². The number of hydrogen-bond acceptors (Lipinski definition) is 5. The Labute approximate surface area is 160 Å². The van der Waals surface area contributed by atoms with Crippen LogP contribution in [0.5, 0.6) is 11.5 Å². The zero-order valence-electron chi connectivity index (χ0n) is 15.9. The fraction of sp³-hybridized carbons (Fsp3) is 0.667. The minimum absolute atomic E-state index is 0.0236. The van der Waals surface area contributed by atoms with E-state index in [9.17, 15) is 4.79 Å². The predicted octanol–water partition coefficient (Wildman–Crippen LogP) is 1.95. The quantitative estimate of drug-likeness (QED) is 0.857. The van der Waals surface area contributed by atoms with Gasteiger partial charge >= 0.3 is 0 Å². The number of carbonyl (C=O) groups is 1. The first-order valence-corrected chi connectivity index (χ1v) is 10.4. The predicted molar refractivity (Wildman–Crippen MR) is 102 cm³/mol. The van der Waals surface area contributed by atoms with Gasteiger partial charge < -0.3 is 19.7 Å². The number of piperidine rings is 3. The molecular formula is C21H29N3O3. The highest BCUT2D eigenvalue weighted by atomic mass is 16.7. The molecule has 0 saturated carbocycles. The monoisotopic (exact) mass is 371 g/mol. The second-order valence-electron chi connectivity index (χ2n) is 8.48. The lowest BCUT2D eigenvalue weighted by Crippen LogP contribution is -2.58. The number of fused-ring (bicyclic) bond motifs is 4. The molecule has 4 fully saturated rings. The fourth-order valence-electron chi connectivity index (χ4n) is 5.32. The standard InChI is InChI=1S/C21H29N3O3/c25-21(16-3-4-19-20(10-16)27-14-26-19)22-11-18-9-15-5-8-24(18)13-17(15)12-23-6-1-2-7-23/h3-4,10,15,17-18H,1-2,5-9,11-14H2,(H,22,25)/t15-,17-,18+/m0/s1. The molecule has 0 radical (unpaired) electrons. The normalized spacial score (nSPS) is 32.0. The lowest BCUT2D eigenvalue weighted by Gasteiger charge is -2.50. The van der Waals surface area contributed by atoms with E-state index in [0.29, 0.717) is 23.1 Å². The van der Waals surface area contributed by atoms with Crippen LogP contribution in [0, 0.1) is 11.8 Å². The summed E-state index contributed by atoms with van der Waals surface area (Å²) in [6.07, 6.45) is 5.29. The molecule has 6 heteroatoms. The molecule has 4 atom stereocenters. The molecule has 2 bridgehead atoms. The lowest BCUT2D eigenvalue weighted by molar-refractivity contribution is -0.00905. The molecule has 5 aliphatic rings. The number of nitrogens with zero attached hydrogens (tertiary/aromatic N) is 2. The minimum atomic E-state index is -0.0236. The summed E-state index contributed by atoms with van der Waals surface area (Å²) < 4.78 is 10.7. The van der Waals surface area contributed by atoms with E-state index >= 15 is 0 Å². The van der Waals surface area contributed by atoms with Gasteiger partial charge in [0.15, 0.2) is 11.5 Å². The Morgan fingerprint density at radius 2 is 2.00 bits per heavy atom. The maximum absolute atomic E-state index is 12.6.